The zero-order chi connectivity index (χ0) is 69.2. The number of benzene rings is 4. The zero-order valence-electron chi connectivity index (χ0n) is 57.8. The van der Waals surface area contributed by atoms with E-state index in [1.807, 2.05) is 264 Å². The summed E-state index contributed by atoms with van der Waals surface area (Å²) in [5.74, 6) is 0.962. The van der Waals surface area contributed by atoms with Gasteiger partial charge in [-0.05, 0) is 72.3 Å². The Morgan fingerprint density at radius 1 is 0.489 bits per heavy atom. The van der Waals surface area contributed by atoms with Crippen molar-refractivity contribution in [3.8, 4) is 0 Å². The second kappa shape index (κ2) is 44.3. The Hall–Kier alpha value is -9.29. The lowest BCUT2D eigenvalue weighted by Gasteiger charge is -2.01. The number of nitrogens with zero attached hydrogens (tertiary/aromatic N) is 9. The minimum atomic E-state index is -0.0805. The SMILES string of the molecule is C.C.CC.CC.CC.CC.CC.CC(=O)c1cn2ccccc2n1.CC(C)C(=O)C1=Nc2ccccc2C1.CC(C)C(=O)c1cn2ncccc2n1.CC(C)C(=O)c1nc2ccccc2[nH]1.CC(C)C(=O)c1nc2ccccc2o1.CC(C)C(=O)c1nc2ccccc2s1. The molecule has 0 fully saturated rings. The van der Waals surface area contributed by atoms with Crippen molar-refractivity contribution in [3.05, 3.63) is 186 Å². The molecule has 4 aromatic carbocycles. The lowest BCUT2D eigenvalue weighted by atomic mass is 10.0. The molecule has 0 saturated carbocycles. The quantitative estimate of drug-likeness (QED) is 0.119. The van der Waals surface area contributed by atoms with E-state index in [-0.39, 0.29) is 85.0 Å². The average Bonchev–Trinajstić information content (AvgIpc) is 1.93. The number of aliphatic imine (C=N–C) groups is 1. The molecule has 1 N–H and O–H groups in total. The van der Waals surface area contributed by atoms with Gasteiger partial charge in [0, 0.05) is 61.5 Å². The second-order valence-electron chi connectivity index (χ2n) is 20.6. The third-order valence-electron chi connectivity index (χ3n) is 12.4. The number of aromatic nitrogens is 9. The molecule has 0 spiro atoms. The van der Waals surface area contributed by atoms with Crippen molar-refractivity contribution in [2.24, 2.45) is 34.6 Å². The molecule has 0 bridgehead atoms. The Kier molecular flexibility index (Phi) is 39.9. The van der Waals surface area contributed by atoms with Gasteiger partial charge in [0.05, 0.1) is 38.8 Å². The standard InChI is InChI=1S/C12H13NO.C11H12N2O.C11H11NO2.C11H11NOS.C10H11N3O.C9H8N2O.5C2H6.2CH4/c1-8(2)12(14)11-7-9-5-3-4-6-10(9)13-11;1-7(2)10(14)11-12-8-5-3-4-6-9(8)13-11;2*1-7(2)10(13)11-12-8-5-3-4-6-9(8)14-11;1-7(2)10(14)8-6-13-9(12-8)4-3-5-11-13;1-7(12)8-6-11-5-3-2-4-9(11)10-8;5*1-2;;/h3-6,8H,7H2,1-2H3;3-7H,1-2H3,(H,12,13);3*3-7H,1-2H3;2-6H,1H3;5*1-2H3;2*1H4. The lowest BCUT2D eigenvalue weighted by molar-refractivity contribution is -0.115. The minimum Gasteiger partial charge on any atom is -0.434 e. The minimum absolute atomic E-state index is 0. The van der Waals surface area contributed by atoms with Crippen LogP contribution in [0.3, 0.4) is 0 Å². The van der Waals surface area contributed by atoms with Gasteiger partial charge in [-0.1, -0.05) is 214 Å². The van der Waals surface area contributed by atoms with Gasteiger partial charge in [0.2, 0.25) is 11.6 Å². The highest BCUT2D eigenvalue weighted by molar-refractivity contribution is 7.20. The number of hydrogen-bond donors (Lipinski definition) is 1. The predicted molar refractivity (Wildman–Crippen MR) is 392 cm³/mol. The number of carbonyl (C=O) groups excluding carboxylic acids is 6. The van der Waals surface area contributed by atoms with Gasteiger partial charge in [-0.3, -0.25) is 28.8 Å². The number of H-pyrrole nitrogens is 1. The van der Waals surface area contributed by atoms with Crippen LogP contribution in [0.5, 0.6) is 0 Å². The Bertz CT molecular complexity index is 3560. The molecular weight excluding hydrogens is 1200 g/mol. The highest BCUT2D eigenvalue weighted by atomic mass is 32.1. The molecule has 17 nitrogen and oxygen atoms in total. The maximum absolute atomic E-state index is 11.7. The number of aromatic amines is 1. The van der Waals surface area contributed by atoms with Crippen LogP contribution in [0.25, 0.3) is 43.6 Å². The maximum atomic E-state index is 11.7. The monoisotopic (exact) mass is 1300 g/mol. The molecule has 11 aromatic rings. The normalized spacial score (nSPS) is 10.3. The van der Waals surface area contributed by atoms with Crippen LogP contribution >= 0.6 is 11.3 Å². The van der Waals surface area contributed by atoms with Gasteiger partial charge in [0.1, 0.15) is 22.6 Å². The number of rotatable bonds is 11. The van der Waals surface area contributed by atoms with Gasteiger partial charge < -0.3 is 13.8 Å². The van der Waals surface area contributed by atoms with Gasteiger partial charge in [-0.2, -0.15) is 5.10 Å². The van der Waals surface area contributed by atoms with Crippen LogP contribution in [0.2, 0.25) is 0 Å². The highest BCUT2D eigenvalue weighted by Crippen LogP contribution is 2.27. The topological polar surface area (TPSA) is 230 Å². The number of imidazole rings is 3. The van der Waals surface area contributed by atoms with Crippen molar-refractivity contribution in [3.63, 3.8) is 0 Å². The molecule has 12 rings (SSSR count). The molecule has 0 aliphatic carbocycles. The smallest absolute Gasteiger partial charge is 0.264 e. The van der Waals surface area contributed by atoms with Crippen LogP contribution in [-0.4, -0.2) is 84.3 Å². The number of Topliss-reactive ketones (excluding diaryl/α,β-unsaturated/α-hetero) is 6. The molecule has 0 atom stereocenters. The van der Waals surface area contributed by atoms with E-state index < -0.39 is 0 Å². The summed E-state index contributed by atoms with van der Waals surface area (Å²) in [7, 11) is 0. The van der Waals surface area contributed by atoms with E-state index in [1.54, 1.807) is 35.2 Å². The van der Waals surface area contributed by atoms with E-state index in [0.29, 0.717) is 45.6 Å². The molecule has 7 aromatic heterocycles. The van der Waals surface area contributed by atoms with Crippen molar-refractivity contribution in [1.29, 1.82) is 0 Å². The van der Waals surface area contributed by atoms with Crippen LogP contribution in [0, 0.1) is 29.6 Å². The fraction of sp³-hybridized carbons (Fsp3) is 0.382. The van der Waals surface area contributed by atoms with E-state index in [4.69, 9.17) is 4.42 Å². The van der Waals surface area contributed by atoms with Crippen LogP contribution in [-0.2, 0) is 11.2 Å². The summed E-state index contributed by atoms with van der Waals surface area (Å²) < 4.78 is 9.85. The van der Waals surface area contributed by atoms with Crippen LogP contribution in [0.4, 0.5) is 5.69 Å². The van der Waals surface area contributed by atoms with Crippen molar-refractivity contribution >= 4 is 101 Å². The first-order valence-corrected chi connectivity index (χ1v) is 32.8. The molecule has 0 amide bonds. The van der Waals surface area contributed by atoms with Gasteiger partial charge in [0.25, 0.3) is 5.89 Å². The summed E-state index contributed by atoms with van der Waals surface area (Å²) >= 11 is 1.47. The molecule has 0 unspecified atom stereocenters. The molecule has 506 valence electrons. The average molecular weight is 1300 g/mol. The Morgan fingerprint density at radius 2 is 1.01 bits per heavy atom. The molecular formula is C76H104N10O7S. The van der Waals surface area contributed by atoms with Crippen molar-refractivity contribution in [1.82, 2.24) is 43.9 Å². The van der Waals surface area contributed by atoms with E-state index in [9.17, 15) is 28.8 Å². The summed E-state index contributed by atoms with van der Waals surface area (Å²) in [5.41, 5.74) is 9.41. The molecule has 1 aliphatic heterocycles. The number of thiazole rings is 1. The number of carbonyl (C=O) groups is 6. The van der Waals surface area contributed by atoms with Gasteiger partial charge in [0.15, 0.2) is 45.2 Å². The summed E-state index contributed by atoms with van der Waals surface area (Å²) in [6, 6.07) is 40.0. The molecule has 94 heavy (non-hydrogen) atoms. The maximum Gasteiger partial charge on any atom is 0.264 e. The first-order valence-electron chi connectivity index (χ1n) is 32.0. The fourth-order valence-electron chi connectivity index (χ4n) is 7.75. The first-order chi connectivity index (χ1) is 44.2. The third-order valence-corrected chi connectivity index (χ3v) is 13.4. The lowest BCUT2D eigenvalue weighted by Crippen LogP contribution is -2.19. The van der Waals surface area contributed by atoms with Gasteiger partial charge >= 0.3 is 0 Å². The number of fused-ring (bicyclic) bond motifs is 6. The van der Waals surface area contributed by atoms with Crippen LogP contribution in [0.1, 0.15) is 218 Å². The van der Waals surface area contributed by atoms with E-state index >= 15 is 0 Å². The Labute approximate surface area is 562 Å². The van der Waals surface area contributed by atoms with Crippen LogP contribution < -0.4 is 0 Å². The Morgan fingerprint density at radius 3 is 1.55 bits per heavy atom. The number of ketones is 6. The highest BCUT2D eigenvalue weighted by Gasteiger charge is 2.22. The van der Waals surface area contributed by atoms with Crippen molar-refractivity contribution < 1.29 is 33.2 Å². The van der Waals surface area contributed by atoms with E-state index in [2.05, 4.69) is 40.0 Å². The van der Waals surface area contributed by atoms with Gasteiger partial charge in [-0.25, -0.2) is 34.4 Å². The fourth-order valence-corrected chi connectivity index (χ4v) is 8.81. The predicted octanol–water partition coefficient (Wildman–Crippen LogP) is 20.3. The molecule has 8 heterocycles. The van der Waals surface area contributed by atoms with Gasteiger partial charge in [-0.15, -0.1) is 11.3 Å². The molecule has 18 heteroatoms. The Balaban J connectivity index is 0.00000107. The molecule has 0 radical (unpaired) electrons. The van der Waals surface area contributed by atoms with E-state index in [0.717, 1.165) is 43.7 Å². The van der Waals surface area contributed by atoms with Crippen molar-refractivity contribution in [2.75, 3.05) is 0 Å². The molecule has 0 saturated heterocycles. The third kappa shape index (κ3) is 25.0. The summed E-state index contributed by atoms with van der Waals surface area (Å²) in [4.78, 5) is 97.4. The van der Waals surface area contributed by atoms with Crippen molar-refractivity contribution in [2.45, 2.75) is 167 Å². The van der Waals surface area contributed by atoms with E-state index in [1.165, 1.54) is 18.3 Å². The van der Waals surface area contributed by atoms with Crippen LogP contribution in [0.15, 0.2) is 162 Å². The number of pyridine rings is 1. The second-order valence-corrected chi connectivity index (χ2v) is 21.7. The molecule has 1 aliphatic rings. The zero-order valence-corrected chi connectivity index (χ0v) is 58.6. The largest absolute Gasteiger partial charge is 0.434 e. The number of oxazole rings is 1. The number of para-hydroxylation sites is 6. The number of nitrogens with one attached hydrogen (secondary N) is 1. The summed E-state index contributed by atoms with van der Waals surface area (Å²) in [6.07, 6.45) is 7.63. The first kappa shape index (κ1) is 84.7. The number of hydrogen-bond acceptors (Lipinski definition) is 15. The summed E-state index contributed by atoms with van der Waals surface area (Å²) in [6.45, 7) is 40.3. The summed E-state index contributed by atoms with van der Waals surface area (Å²) in [5, 5.41) is 4.67.